The van der Waals surface area contributed by atoms with E-state index in [-0.39, 0.29) is 6.03 Å². The average Bonchev–Trinajstić information content (AvgIpc) is 3.10. The molecule has 116 valence electrons. The minimum Gasteiger partial charge on any atom is -0.345 e. The van der Waals surface area contributed by atoms with Crippen molar-refractivity contribution in [2.75, 3.05) is 37.6 Å². The highest BCUT2D eigenvalue weighted by atomic mass is 32.1. The second-order valence-corrected chi connectivity index (χ2v) is 6.13. The molecule has 0 radical (unpaired) electrons. The summed E-state index contributed by atoms with van der Waals surface area (Å²) in [7, 11) is 0. The third kappa shape index (κ3) is 3.76. The SMILES string of the molecule is O=C(NCCc1ccccc1)N1CCN(c2nccs2)CC1. The molecule has 1 aromatic heterocycles. The van der Waals surface area contributed by atoms with Crippen LogP contribution in [0.4, 0.5) is 9.93 Å². The van der Waals surface area contributed by atoms with Crippen molar-refractivity contribution in [1.82, 2.24) is 15.2 Å². The van der Waals surface area contributed by atoms with Crippen LogP contribution in [0.1, 0.15) is 5.56 Å². The summed E-state index contributed by atoms with van der Waals surface area (Å²) in [6, 6.07) is 10.3. The first-order valence-corrected chi connectivity index (χ1v) is 8.42. The number of hydrogen-bond acceptors (Lipinski definition) is 4. The first-order valence-electron chi connectivity index (χ1n) is 7.54. The van der Waals surface area contributed by atoms with Crippen LogP contribution < -0.4 is 10.2 Å². The van der Waals surface area contributed by atoms with E-state index in [1.807, 2.05) is 34.7 Å². The number of urea groups is 1. The Morgan fingerprint density at radius 1 is 1.18 bits per heavy atom. The van der Waals surface area contributed by atoms with Crippen LogP contribution in [0.2, 0.25) is 0 Å². The van der Waals surface area contributed by atoms with Gasteiger partial charge in [-0.1, -0.05) is 30.3 Å². The molecule has 1 aliphatic heterocycles. The molecule has 1 saturated heterocycles. The third-order valence-electron chi connectivity index (χ3n) is 3.79. The molecule has 3 rings (SSSR count). The van der Waals surface area contributed by atoms with Gasteiger partial charge in [-0.3, -0.25) is 0 Å². The molecule has 5 nitrogen and oxygen atoms in total. The summed E-state index contributed by atoms with van der Waals surface area (Å²) in [5, 5.41) is 6.04. The monoisotopic (exact) mass is 316 g/mol. The smallest absolute Gasteiger partial charge is 0.317 e. The predicted molar refractivity (Wildman–Crippen MR) is 89.4 cm³/mol. The van der Waals surface area contributed by atoms with Crippen LogP contribution in [0, 0.1) is 0 Å². The maximum atomic E-state index is 12.2. The van der Waals surface area contributed by atoms with E-state index in [4.69, 9.17) is 0 Å². The van der Waals surface area contributed by atoms with Crippen molar-refractivity contribution >= 4 is 22.5 Å². The Labute approximate surface area is 134 Å². The molecule has 0 bridgehead atoms. The zero-order valence-corrected chi connectivity index (χ0v) is 13.3. The van der Waals surface area contributed by atoms with Gasteiger partial charge in [-0.15, -0.1) is 11.3 Å². The molecule has 1 aromatic carbocycles. The van der Waals surface area contributed by atoms with Gasteiger partial charge in [-0.2, -0.15) is 0 Å². The summed E-state index contributed by atoms with van der Waals surface area (Å²) in [5.74, 6) is 0. The molecule has 0 atom stereocenters. The molecule has 0 unspecified atom stereocenters. The van der Waals surface area contributed by atoms with Gasteiger partial charge in [0.1, 0.15) is 0 Å². The number of rotatable bonds is 4. The standard InChI is InChI=1S/C16H20N4OS/c21-15(17-7-6-14-4-2-1-3-5-14)19-9-11-20(12-10-19)16-18-8-13-22-16/h1-5,8,13H,6-7,9-12H2,(H,17,21). The lowest BCUT2D eigenvalue weighted by molar-refractivity contribution is 0.194. The number of carbonyl (C=O) groups excluding carboxylic acids is 1. The minimum atomic E-state index is 0.0368. The van der Waals surface area contributed by atoms with E-state index < -0.39 is 0 Å². The van der Waals surface area contributed by atoms with Crippen LogP contribution in [0.3, 0.4) is 0 Å². The number of aromatic nitrogens is 1. The number of hydrogen-bond donors (Lipinski definition) is 1. The molecule has 2 amide bonds. The van der Waals surface area contributed by atoms with E-state index in [1.165, 1.54) is 5.56 Å². The summed E-state index contributed by atoms with van der Waals surface area (Å²) in [4.78, 5) is 20.6. The van der Waals surface area contributed by atoms with E-state index in [9.17, 15) is 4.79 Å². The Kier molecular flexibility index (Phi) is 4.90. The fraction of sp³-hybridized carbons (Fsp3) is 0.375. The molecule has 1 aliphatic rings. The Hall–Kier alpha value is -2.08. The van der Waals surface area contributed by atoms with E-state index in [0.29, 0.717) is 6.54 Å². The largest absolute Gasteiger partial charge is 0.345 e. The van der Waals surface area contributed by atoms with E-state index >= 15 is 0 Å². The molecule has 6 heteroatoms. The normalized spacial score (nSPS) is 14.9. The van der Waals surface area contributed by atoms with Crippen molar-refractivity contribution < 1.29 is 4.79 Å². The molecule has 1 N–H and O–H groups in total. The number of nitrogens with one attached hydrogen (secondary N) is 1. The maximum absolute atomic E-state index is 12.2. The van der Waals surface area contributed by atoms with Gasteiger partial charge in [0.2, 0.25) is 0 Å². The summed E-state index contributed by atoms with van der Waals surface area (Å²) >= 11 is 1.65. The van der Waals surface area contributed by atoms with Crippen molar-refractivity contribution in [3.05, 3.63) is 47.5 Å². The van der Waals surface area contributed by atoms with Crippen LogP contribution in [-0.2, 0) is 6.42 Å². The van der Waals surface area contributed by atoms with Gasteiger partial charge in [-0.05, 0) is 12.0 Å². The van der Waals surface area contributed by atoms with Crippen LogP contribution in [-0.4, -0.2) is 48.6 Å². The highest BCUT2D eigenvalue weighted by molar-refractivity contribution is 7.13. The Morgan fingerprint density at radius 3 is 2.64 bits per heavy atom. The van der Waals surface area contributed by atoms with Crippen molar-refractivity contribution in [2.45, 2.75) is 6.42 Å². The number of thiazole rings is 1. The van der Waals surface area contributed by atoms with Gasteiger partial charge in [0.15, 0.2) is 5.13 Å². The Morgan fingerprint density at radius 2 is 1.95 bits per heavy atom. The van der Waals surface area contributed by atoms with Gasteiger partial charge < -0.3 is 15.1 Å². The molecule has 2 aromatic rings. The molecule has 2 heterocycles. The summed E-state index contributed by atoms with van der Waals surface area (Å²) < 4.78 is 0. The molecule has 22 heavy (non-hydrogen) atoms. The summed E-state index contributed by atoms with van der Waals surface area (Å²) in [5.41, 5.74) is 1.25. The number of piperazine rings is 1. The molecule has 0 saturated carbocycles. The topological polar surface area (TPSA) is 48.5 Å². The second-order valence-electron chi connectivity index (χ2n) is 5.26. The fourth-order valence-corrected chi connectivity index (χ4v) is 3.24. The van der Waals surface area contributed by atoms with Gasteiger partial charge in [0.25, 0.3) is 0 Å². The van der Waals surface area contributed by atoms with Crippen molar-refractivity contribution in [2.24, 2.45) is 0 Å². The highest BCUT2D eigenvalue weighted by Crippen LogP contribution is 2.18. The van der Waals surface area contributed by atoms with Gasteiger partial charge in [0, 0.05) is 44.3 Å². The summed E-state index contributed by atoms with van der Waals surface area (Å²) in [6.07, 6.45) is 2.69. The molecule has 0 spiro atoms. The zero-order valence-electron chi connectivity index (χ0n) is 12.4. The lowest BCUT2D eigenvalue weighted by Gasteiger charge is -2.34. The summed E-state index contributed by atoms with van der Waals surface area (Å²) in [6.45, 7) is 3.86. The minimum absolute atomic E-state index is 0.0368. The van der Waals surface area contributed by atoms with Crippen molar-refractivity contribution in [3.63, 3.8) is 0 Å². The number of carbonyl (C=O) groups is 1. The lowest BCUT2D eigenvalue weighted by Crippen LogP contribution is -2.52. The predicted octanol–water partition coefficient (Wildman–Crippen LogP) is 2.22. The Bertz CT molecular complexity index is 579. The van der Waals surface area contributed by atoms with Gasteiger partial charge >= 0.3 is 6.03 Å². The van der Waals surface area contributed by atoms with Gasteiger partial charge in [0.05, 0.1) is 0 Å². The average molecular weight is 316 g/mol. The van der Waals surface area contributed by atoms with Crippen molar-refractivity contribution in [1.29, 1.82) is 0 Å². The maximum Gasteiger partial charge on any atom is 0.317 e. The molecule has 0 aliphatic carbocycles. The molecule has 1 fully saturated rings. The van der Waals surface area contributed by atoms with E-state index in [1.54, 1.807) is 11.3 Å². The van der Waals surface area contributed by atoms with E-state index in [2.05, 4.69) is 27.3 Å². The number of benzene rings is 1. The van der Waals surface area contributed by atoms with E-state index in [0.717, 1.165) is 37.7 Å². The first-order chi connectivity index (χ1) is 10.8. The number of anilines is 1. The quantitative estimate of drug-likeness (QED) is 0.941. The number of amides is 2. The Balaban J connectivity index is 1.40. The van der Waals surface area contributed by atoms with Crippen LogP contribution in [0.15, 0.2) is 41.9 Å². The molecular weight excluding hydrogens is 296 g/mol. The zero-order chi connectivity index (χ0) is 15.2. The highest BCUT2D eigenvalue weighted by Gasteiger charge is 2.21. The lowest BCUT2D eigenvalue weighted by atomic mass is 10.1. The van der Waals surface area contributed by atoms with Crippen LogP contribution in [0.5, 0.6) is 0 Å². The third-order valence-corrected chi connectivity index (χ3v) is 4.62. The van der Waals surface area contributed by atoms with Crippen LogP contribution in [0.25, 0.3) is 0 Å². The van der Waals surface area contributed by atoms with Crippen LogP contribution >= 0.6 is 11.3 Å². The van der Waals surface area contributed by atoms with Gasteiger partial charge in [-0.25, -0.2) is 9.78 Å². The fourth-order valence-electron chi connectivity index (χ4n) is 2.54. The van der Waals surface area contributed by atoms with Crippen molar-refractivity contribution in [3.8, 4) is 0 Å². The first kappa shape index (κ1) is 14.8. The second kappa shape index (κ2) is 7.26. The molecular formula is C16H20N4OS. The number of nitrogens with zero attached hydrogens (tertiary/aromatic N) is 3.